The van der Waals surface area contributed by atoms with Crippen LogP contribution in [0, 0.1) is 0 Å². The number of nitrogens with one attached hydrogen (secondary N) is 2. The average Bonchev–Trinajstić information content (AvgIpc) is 3.03. The van der Waals surface area contributed by atoms with Crippen molar-refractivity contribution >= 4 is 38.6 Å². The number of para-hydroxylation sites is 1. The lowest BCUT2D eigenvalue weighted by atomic mass is 10.3. The molecule has 2 N–H and O–H groups in total. The molecular formula is C14H10BrN3O2. The number of hydrogen-bond donors (Lipinski definition) is 2. The number of H-pyrrole nitrogens is 1. The van der Waals surface area contributed by atoms with Gasteiger partial charge < -0.3 is 19.8 Å². The number of halogens is 1. The molecule has 1 aliphatic heterocycles. The molecule has 0 saturated carbocycles. The van der Waals surface area contributed by atoms with Gasteiger partial charge in [0.05, 0.1) is 16.7 Å². The van der Waals surface area contributed by atoms with Gasteiger partial charge in [0.25, 0.3) is 0 Å². The van der Waals surface area contributed by atoms with E-state index < -0.39 is 0 Å². The third-order valence-electron chi connectivity index (χ3n) is 3.10. The van der Waals surface area contributed by atoms with Crippen molar-refractivity contribution in [1.29, 1.82) is 0 Å². The molecule has 0 aliphatic carbocycles. The molecule has 0 spiro atoms. The Balaban J connectivity index is 1.73. The van der Waals surface area contributed by atoms with Crippen molar-refractivity contribution in [2.45, 2.75) is 0 Å². The summed E-state index contributed by atoms with van der Waals surface area (Å²) < 4.78 is 11.7. The van der Waals surface area contributed by atoms with Crippen LogP contribution >= 0.6 is 15.9 Å². The number of ether oxygens (including phenoxy) is 2. The first-order valence-electron chi connectivity index (χ1n) is 6.10. The summed E-state index contributed by atoms with van der Waals surface area (Å²) >= 11 is 3.50. The van der Waals surface area contributed by atoms with Gasteiger partial charge in [0, 0.05) is 16.6 Å². The van der Waals surface area contributed by atoms with E-state index in [1.54, 1.807) is 0 Å². The molecule has 0 unspecified atom stereocenters. The van der Waals surface area contributed by atoms with E-state index in [0.29, 0.717) is 5.95 Å². The smallest absolute Gasteiger partial charge is 0.231 e. The molecule has 0 bridgehead atoms. The van der Waals surface area contributed by atoms with Crippen LogP contribution < -0.4 is 14.8 Å². The van der Waals surface area contributed by atoms with Crippen molar-refractivity contribution in [2.75, 3.05) is 12.1 Å². The maximum atomic E-state index is 5.36. The third-order valence-corrected chi connectivity index (χ3v) is 3.79. The Hall–Kier alpha value is -2.21. The molecule has 0 amide bonds. The number of aromatic nitrogens is 2. The fraction of sp³-hybridized carbons (Fsp3) is 0.0714. The van der Waals surface area contributed by atoms with Crippen LogP contribution in [0.5, 0.6) is 11.5 Å². The molecule has 2 aromatic carbocycles. The number of anilines is 2. The van der Waals surface area contributed by atoms with E-state index in [0.717, 1.165) is 32.7 Å². The zero-order valence-electron chi connectivity index (χ0n) is 10.3. The topological polar surface area (TPSA) is 59.2 Å². The molecule has 4 rings (SSSR count). The average molecular weight is 332 g/mol. The number of aromatic amines is 1. The van der Waals surface area contributed by atoms with E-state index in [2.05, 4.69) is 31.2 Å². The minimum absolute atomic E-state index is 0.268. The van der Waals surface area contributed by atoms with E-state index in [1.807, 2.05) is 36.4 Å². The van der Waals surface area contributed by atoms with Crippen LogP contribution in [0.4, 0.5) is 11.6 Å². The van der Waals surface area contributed by atoms with Crippen LogP contribution in [0.15, 0.2) is 40.9 Å². The van der Waals surface area contributed by atoms with Crippen LogP contribution in [-0.4, -0.2) is 16.8 Å². The summed E-state index contributed by atoms with van der Waals surface area (Å²) in [4.78, 5) is 7.73. The predicted octanol–water partition coefficient (Wildman–Crippen LogP) is 3.80. The van der Waals surface area contributed by atoms with Crippen molar-refractivity contribution in [3.05, 3.63) is 40.9 Å². The van der Waals surface area contributed by atoms with Crippen molar-refractivity contribution in [3.63, 3.8) is 0 Å². The Morgan fingerprint density at radius 3 is 2.80 bits per heavy atom. The van der Waals surface area contributed by atoms with Gasteiger partial charge in [0.2, 0.25) is 12.7 Å². The lowest BCUT2D eigenvalue weighted by Crippen LogP contribution is -1.93. The quantitative estimate of drug-likeness (QED) is 0.749. The molecule has 100 valence electrons. The molecule has 2 heterocycles. The second-order valence-corrected chi connectivity index (χ2v) is 5.27. The van der Waals surface area contributed by atoms with Gasteiger partial charge in [-0.1, -0.05) is 12.1 Å². The molecule has 1 aromatic heterocycles. The Bertz CT molecular complexity index is 759. The lowest BCUT2D eigenvalue weighted by molar-refractivity contribution is 0.174. The molecule has 1 aliphatic rings. The summed E-state index contributed by atoms with van der Waals surface area (Å²) in [5.74, 6) is 2.15. The number of fused-ring (bicyclic) bond motifs is 2. The van der Waals surface area contributed by atoms with Gasteiger partial charge in [-0.25, -0.2) is 4.98 Å². The maximum Gasteiger partial charge on any atom is 0.231 e. The van der Waals surface area contributed by atoms with Crippen molar-refractivity contribution < 1.29 is 9.47 Å². The SMILES string of the molecule is Brc1ccccc1Nc1nc2cc3c(cc2[nH]1)OCO3. The van der Waals surface area contributed by atoms with E-state index in [-0.39, 0.29) is 6.79 Å². The predicted molar refractivity (Wildman–Crippen MR) is 79.6 cm³/mol. The molecule has 0 saturated heterocycles. The van der Waals surface area contributed by atoms with Crippen molar-refractivity contribution in [2.24, 2.45) is 0 Å². The van der Waals surface area contributed by atoms with Gasteiger partial charge in [-0.2, -0.15) is 0 Å². The monoisotopic (exact) mass is 331 g/mol. The number of rotatable bonds is 2. The van der Waals surface area contributed by atoms with Crippen LogP contribution in [0.1, 0.15) is 0 Å². The molecule has 5 nitrogen and oxygen atoms in total. The molecule has 0 radical (unpaired) electrons. The first-order chi connectivity index (χ1) is 9.79. The van der Waals surface area contributed by atoms with Gasteiger partial charge in [-0.3, -0.25) is 0 Å². The summed E-state index contributed by atoms with van der Waals surface area (Å²) in [5.41, 5.74) is 2.69. The van der Waals surface area contributed by atoms with Gasteiger partial charge in [-0.05, 0) is 28.1 Å². The fourth-order valence-electron chi connectivity index (χ4n) is 2.15. The summed E-state index contributed by atoms with van der Waals surface area (Å²) in [6.07, 6.45) is 0. The molecule has 0 atom stereocenters. The van der Waals surface area contributed by atoms with Gasteiger partial charge in [-0.15, -0.1) is 0 Å². The lowest BCUT2D eigenvalue weighted by Gasteiger charge is -2.04. The van der Waals surface area contributed by atoms with Crippen molar-refractivity contribution in [1.82, 2.24) is 9.97 Å². The normalized spacial score (nSPS) is 12.8. The third kappa shape index (κ3) is 1.89. The molecule has 20 heavy (non-hydrogen) atoms. The van der Waals surface area contributed by atoms with Crippen LogP contribution in [0.3, 0.4) is 0 Å². The molecule has 0 fully saturated rings. The first-order valence-corrected chi connectivity index (χ1v) is 6.90. The second-order valence-electron chi connectivity index (χ2n) is 4.41. The maximum absolute atomic E-state index is 5.36. The highest BCUT2D eigenvalue weighted by molar-refractivity contribution is 9.10. The first kappa shape index (κ1) is 11.6. The fourth-order valence-corrected chi connectivity index (χ4v) is 2.53. The number of nitrogens with zero attached hydrogens (tertiary/aromatic N) is 1. The minimum Gasteiger partial charge on any atom is -0.454 e. The largest absolute Gasteiger partial charge is 0.454 e. The zero-order valence-corrected chi connectivity index (χ0v) is 11.9. The molecule has 3 aromatic rings. The summed E-state index contributed by atoms with van der Waals surface area (Å²) in [5, 5.41) is 3.24. The van der Waals surface area contributed by atoms with Crippen LogP contribution in [0.25, 0.3) is 11.0 Å². The van der Waals surface area contributed by atoms with Crippen LogP contribution in [0.2, 0.25) is 0 Å². The Labute approximate surface area is 123 Å². The number of imidazole rings is 1. The second kappa shape index (κ2) is 4.42. The minimum atomic E-state index is 0.268. The highest BCUT2D eigenvalue weighted by Gasteiger charge is 2.16. The van der Waals surface area contributed by atoms with E-state index in [9.17, 15) is 0 Å². The van der Waals surface area contributed by atoms with Gasteiger partial charge >= 0.3 is 0 Å². The zero-order chi connectivity index (χ0) is 13.5. The summed E-state index contributed by atoms with van der Waals surface area (Å²) in [6.45, 7) is 0.268. The number of hydrogen-bond acceptors (Lipinski definition) is 4. The van der Waals surface area contributed by atoms with Gasteiger partial charge in [0.15, 0.2) is 11.5 Å². The summed E-state index contributed by atoms with van der Waals surface area (Å²) in [6, 6.07) is 11.7. The Morgan fingerprint density at radius 1 is 1.15 bits per heavy atom. The van der Waals surface area contributed by atoms with Gasteiger partial charge in [0.1, 0.15) is 0 Å². The highest BCUT2D eigenvalue weighted by atomic mass is 79.9. The number of benzene rings is 2. The molecule has 6 heteroatoms. The summed E-state index contributed by atoms with van der Waals surface area (Å²) in [7, 11) is 0. The van der Waals surface area contributed by atoms with E-state index in [1.165, 1.54) is 0 Å². The standard InChI is InChI=1S/C14H10BrN3O2/c15-8-3-1-2-4-9(8)16-14-17-10-5-12-13(20-7-19-12)6-11(10)18-14/h1-6H,7H2,(H2,16,17,18). The Morgan fingerprint density at radius 2 is 1.95 bits per heavy atom. The highest BCUT2D eigenvalue weighted by Crippen LogP contribution is 2.36. The van der Waals surface area contributed by atoms with Crippen molar-refractivity contribution in [3.8, 4) is 11.5 Å². The molecular weight excluding hydrogens is 322 g/mol. The van der Waals surface area contributed by atoms with Crippen LogP contribution in [-0.2, 0) is 0 Å². The Kier molecular flexibility index (Phi) is 2.56. The van der Waals surface area contributed by atoms with E-state index >= 15 is 0 Å². The van der Waals surface area contributed by atoms with E-state index in [4.69, 9.17) is 9.47 Å².